The molecule has 1 aromatic heterocycles. The first-order chi connectivity index (χ1) is 12.4. The lowest BCUT2D eigenvalue weighted by molar-refractivity contribution is -0.384. The third kappa shape index (κ3) is 3.09. The van der Waals surface area contributed by atoms with Gasteiger partial charge in [-0.25, -0.2) is 4.98 Å². The normalized spacial score (nSPS) is 19.9. The number of nitro groups is 1. The second-order valence-electron chi connectivity index (χ2n) is 7.01. The minimum atomic E-state index is -0.526. The Morgan fingerprint density at radius 1 is 1.38 bits per heavy atom. The van der Waals surface area contributed by atoms with Gasteiger partial charge in [-0.3, -0.25) is 14.9 Å². The van der Waals surface area contributed by atoms with Gasteiger partial charge in [-0.05, 0) is 37.5 Å². The van der Waals surface area contributed by atoms with Gasteiger partial charge >= 0.3 is 5.97 Å². The van der Waals surface area contributed by atoms with Crippen molar-refractivity contribution < 1.29 is 14.5 Å². The quantitative estimate of drug-likeness (QED) is 0.462. The molecular formula is C19H23N3O4. The number of esters is 1. The summed E-state index contributed by atoms with van der Waals surface area (Å²) in [5.41, 5.74) is 0.225. The van der Waals surface area contributed by atoms with Crippen LogP contribution < -0.4 is 4.90 Å². The van der Waals surface area contributed by atoms with Gasteiger partial charge in [-0.2, -0.15) is 0 Å². The van der Waals surface area contributed by atoms with E-state index >= 15 is 0 Å². The highest BCUT2D eigenvalue weighted by atomic mass is 16.6. The average molecular weight is 357 g/mol. The topological polar surface area (TPSA) is 85.6 Å². The van der Waals surface area contributed by atoms with Gasteiger partial charge in [0.15, 0.2) is 0 Å². The van der Waals surface area contributed by atoms with Gasteiger partial charge in [0.1, 0.15) is 5.82 Å². The molecule has 0 saturated carbocycles. The van der Waals surface area contributed by atoms with Crippen molar-refractivity contribution in [3.05, 3.63) is 40.4 Å². The number of carbonyl (C=O) groups excluding carboxylic acids is 1. The fraction of sp³-hybridized carbons (Fsp3) is 0.474. The number of nitrogens with zero attached hydrogens (tertiary/aromatic N) is 3. The number of non-ortho nitro benzene ring substituents is 1. The van der Waals surface area contributed by atoms with Crippen LogP contribution in [0.25, 0.3) is 10.9 Å². The van der Waals surface area contributed by atoms with Gasteiger partial charge in [0.25, 0.3) is 5.69 Å². The first kappa shape index (κ1) is 18.1. The minimum Gasteiger partial charge on any atom is -0.466 e. The third-order valence-corrected chi connectivity index (χ3v) is 5.28. The Hall–Kier alpha value is -2.70. The van der Waals surface area contributed by atoms with Crippen molar-refractivity contribution in [1.82, 2.24) is 4.98 Å². The molecule has 1 aromatic carbocycles. The van der Waals surface area contributed by atoms with Crippen LogP contribution in [0.4, 0.5) is 11.5 Å². The molecule has 1 aliphatic rings. The lowest BCUT2D eigenvalue weighted by Crippen LogP contribution is -2.40. The van der Waals surface area contributed by atoms with Gasteiger partial charge in [-0.1, -0.05) is 13.8 Å². The van der Waals surface area contributed by atoms with Crippen molar-refractivity contribution in [3.63, 3.8) is 0 Å². The molecule has 0 aliphatic carbocycles. The van der Waals surface area contributed by atoms with E-state index in [2.05, 4.69) is 9.88 Å². The summed E-state index contributed by atoms with van der Waals surface area (Å²) >= 11 is 0. The van der Waals surface area contributed by atoms with E-state index in [1.165, 1.54) is 12.1 Å². The number of benzene rings is 1. The maximum absolute atomic E-state index is 12.6. The number of pyridine rings is 1. The number of hydrogen-bond acceptors (Lipinski definition) is 6. The molecule has 2 aromatic rings. The summed E-state index contributed by atoms with van der Waals surface area (Å²) in [6, 6.07) is 8.33. The summed E-state index contributed by atoms with van der Waals surface area (Å²) in [4.78, 5) is 29.8. The number of ether oxygens (including phenoxy) is 1. The van der Waals surface area contributed by atoms with Gasteiger partial charge in [0.2, 0.25) is 0 Å². The van der Waals surface area contributed by atoms with Crippen molar-refractivity contribution >= 4 is 28.4 Å². The van der Waals surface area contributed by atoms with Crippen LogP contribution in [0.5, 0.6) is 0 Å². The van der Waals surface area contributed by atoms with Crippen molar-refractivity contribution in [3.8, 4) is 0 Å². The van der Waals surface area contributed by atoms with Gasteiger partial charge < -0.3 is 9.64 Å². The molecular weight excluding hydrogens is 334 g/mol. The Morgan fingerprint density at radius 2 is 2.15 bits per heavy atom. The molecule has 0 radical (unpaired) electrons. The maximum atomic E-state index is 12.6. The molecule has 7 heteroatoms. The number of rotatable bonds is 5. The summed E-state index contributed by atoms with van der Waals surface area (Å²) in [5.74, 6) is 0.793. The van der Waals surface area contributed by atoms with Crippen molar-refractivity contribution in [2.45, 2.75) is 27.2 Å². The molecule has 2 heterocycles. The molecule has 3 rings (SSSR count). The van der Waals surface area contributed by atoms with Crippen LogP contribution in [-0.2, 0) is 9.53 Å². The van der Waals surface area contributed by atoms with Gasteiger partial charge in [0.05, 0.1) is 22.5 Å². The number of hydrogen-bond donors (Lipinski definition) is 0. The zero-order valence-corrected chi connectivity index (χ0v) is 15.3. The van der Waals surface area contributed by atoms with E-state index < -0.39 is 10.3 Å². The van der Waals surface area contributed by atoms with Crippen molar-refractivity contribution in [2.24, 2.45) is 11.3 Å². The second-order valence-corrected chi connectivity index (χ2v) is 7.01. The van der Waals surface area contributed by atoms with E-state index in [1.54, 1.807) is 6.07 Å². The van der Waals surface area contributed by atoms with Crippen LogP contribution in [0.1, 0.15) is 27.2 Å². The molecule has 1 unspecified atom stereocenters. The fourth-order valence-electron chi connectivity index (χ4n) is 3.57. The van der Waals surface area contributed by atoms with Crippen LogP contribution in [0.2, 0.25) is 0 Å². The SMILES string of the molecule is CCOC(=O)C1(C(C)C)CCN(c2ccc3cc([N+](=O)[O-])ccc3n2)C1. The van der Waals surface area contributed by atoms with Crippen molar-refractivity contribution in [1.29, 1.82) is 0 Å². The summed E-state index contributed by atoms with van der Waals surface area (Å²) in [7, 11) is 0. The Balaban J connectivity index is 1.89. The van der Waals surface area contributed by atoms with Gasteiger partial charge in [0, 0.05) is 30.6 Å². The summed E-state index contributed by atoms with van der Waals surface area (Å²) in [5, 5.41) is 11.6. The third-order valence-electron chi connectivity index (χ3n) is 5.28. The van der Waals surface area contributed by atoms with Crippen LogP contribution in [0.15, 0.2) is 30.3 Å². The Bertz CT molecular complexity index is 852. The largest absolute Gasteiger partial charge is 0.466 e. The molecule has 1 aliphatic heterocycles. The highest BCUT2D eigenvalue weighted by Crippen LogP contribution is 2.40. The van der Waals surface area contributed by atoms with E-state index in [-0.39, 0.29) is 17.6 Å². The molecule has 0 N–H and O–H groups in total. The zero-order valence-electron chi connectivity index (χ0n) is 15.3. The van der Waals surface area contributed by atoms with E-state index in [9.17, 15) is 14.9 Å². The molecule has 138 valence electrons. The smallest absolute Gasteiger partial charge is 0.314 e. The fourth-order valence-corrected chi connectivity index (χ4v) is 3.57. The molecule has 26 heavy (non-hydrogen) atoms. The number of fused-ring (bicyclic) bond motifs is 1. The number of nitro benzene ring substituents is 1. The van der Waals surface area contributed by atoms with Crippen LogP contribution in [-0.4, -0.2) is 35.6 Å². The first-order valence-electron chi connectivity index (χ1n) is 8.85. The number of anilines is 1. The summed E-state index contributed by atoms with van der Waals surface area (Å²) in [6.07, 6.45) is 0.726. The first-order valence-corrected chi connectivity index (χ1v) is 8.85. The molecule has 1 fully saturated rings. The maximum Gasteiger partial charge on any atom is 0.314 e. The minimum absolute atomic E-state index is 0.0503. The zero-order chi connectivity index (χ0) is 18.9. The van der Waals surface area contributed by atoms with Crippen LogP contribution >= 0.6 is 0 Å². The van der Waals surface area contributed by atoms with Gasteiger partial charge in [-0.15, -0.1) is 0 Å². The lowest BCUT2D eigenvalue weighted by Gasteiger charge is -2.31. The Labute approximate surface area is 152 Å². The highest BCUT2D eigenvalue weighted by Gasteiger charge is 2.48. The lowest BCUT2D eigenvalue weighted by atomic mass is 9.76. The Morgan fingerprint density at radius 3 is 2.81 bits per heavy atom. The van der Waals surface area contributed by atoms with Crippen LogP contribution in [0.3, 0.4) is 0 Å². The van der Waals surface area contributed by atoms with E-state index in [1.807, 2.05) is 32.9 Å². The molecule has 1 atom stereocenters. The number of aromatic nitrogens is 1. The van der Waals surface area contributed by atoms with Crippen LogP contribution in [0, 0.1) is 21.4 Å². The second kappa shape index (κ2) is 6.90. The number of carbonyl (C=O) groups is 1. The standard InChI is InChI=1S/C19H23N3O4/c1-4-26-18(23)19(13(2)3)9-10-21(12-19)17-8-5-14-11-15(22(24)25)6-7-16(14)20-17/h5-8,11,13H,4,9-10,12H2,1-3H3. The molecule has 7 nitrogen and oxygen atoms in total. The average Bonchev–Trinajstić information content (AvgIpc) is 3.08. The van der Waals surface area contributed by atoms with Crippen molar-refractivity contribution in [2.75, 3.05) is 24.6 Å². The molecule has 0 bridgehead atoms. The highest BCUT2D eigenvalue weighted by molar-refractivity contribution is 5.83. The summed E-state index contributed by atoms with van der Waals surface area (Å²) < 4.78 is 5.33. The molecule has 0 amide bonds. The predicted molar refractivity (Wildman–Crippen MR) is 99.1 cm³/mol. The molecule has 1 saturated heterocycles. The van der Waals surface area contributed by atoms with E-state index in [0.29, 0.717) is 18.7 Å². The monoisotopic (exact) mass is 357 g/mol. The molecule has 0 spiro atoms. The summed E-state index contributed by atoms with van der Waals surface area (Å²) in [6.45, 7) is 7.58. The van der Waals surface area contributed by atoms with E-state index in [4.69, 9.17) is 4.74 Å². The predicted octanol–water partition coefficient (Wildman–Crippen LogP) is 3.56. The Kier molecular flexibility index (Phi) is 4.80. The van der Waals surface area contributed by atoms with E-state index in [0.717, 1.165) is 24.2 Å².